The first-order chi connectivity index (χ1) is 10.6. The van der Waals surface area contributed by atoms with E-state index in [4.69, 9.17) is 4.74 Å². The van der Waals surface area contributed by atoms with Gasteiger partial charge in [-0.05, 0) is 36.8 Å². The Bertz CT molecular complexity index is 857. The van der Waals surface area contributed by atoms with Gasteiger partial charge in [-0.2, -0.15) is 0 Å². The summed E-state index contributed by atoms with van der Waals surface area (Å²) in [6.45, 7) is 0.853. The number of para-hydroxylation sites is 2. The van der Waals surface area contributed by atoms with Crippen molar-refractivity contribution in [2.24, 2.45) is 0 Å². The Hall–Kier alpha value is -2.08. The van der Waals surface area contributed by atoms with Gasteiger partial charge in [0.2, 0.25) is 0 Å². The normalized spacial score (nSPS) is 11.0. The van der Waals surface area contributed by atoms with Gasteiger partial charge in [-0.15, -0.1) is 0 Å². The number of rotatable bonds is 5. The molecule has 1 aromatic heterocycles. The second kappa shape index (κ2) is 6.36. The predicted octanol–water partition coefficient (Wildman–Crippen LogP) is 3.70. The molecule has 3 aromatic rings. The van der Waals surface area contributed by atoms with Crippen LogP contribution in [0.1, 0.15) is 6.42 Å². The molecule has 0 atom stereocenters. The summed E-state index contributed by atoms with van der Waals surface area (Å²) < 4.78 is 21.4. The van der Waals surface area contributed by atoms with Crippen LogP contribution in [0.5, 0.6) is 5.75 Å². The number of nitrogens with one attached hydrogen (secondary N) is 1. The van der Waals surface area contributed by atoms with Gasteiger partial charge >= 0.3 is 5.69 Å². The molecule has 0 aliphatic carbocycles. The molecule has 0 aliphatic heterocycles. The second-order valence-electron chi connectivity index (χ2n) is 4.88. The molecule has 22 heavy (non-hydrogen) atoms. The summed E-state index contributed by atoms with van der Waals surface area (Å²) in [6.07, 6.45) is 0.608. The zero-order valence-corrected chi connectivity index (χ0v) is 13.3. The molecule has 0 saturated heterocycles. The number of imidazole rings is 1. The average molecular weight is 365 g/mol. The molecule has 0 aliphatic rings. The Morgan fingerprint density at radius 3 is 2.86 bits per heavy atom. The summed E-state index contributed by atoms with van der Waals surface area (Å²) in [7, 11) is 0. The lowest BCUT2D eigenvalue weighted by Crippen LogP contribution is -2.18. The summed E-state index contributed by atoms with van der Waals surface area (Å²) in [5.74, 6) is -0.187. The summed E-state index contributed by atoms with van der Waals surface area (Å²) in [4.78, 5) is 14.7. The molecule has 114 valence electrons. The van der Waals surface area contributed by atoms with E-state index >= 15 is 0 Å². The number of halogens is 2. The third kappa shape index (κ3) is 3.06. The zero-order chi connectivity index (χ0) is 15.5. The molecule has 0 amide bonds. The van der Waals surface area contributed by atoms with Crippen LogP contribution in [0.3, 0.4) is 0 Å². The molecule has 1 heterocycles. The van der Waals surface area contributed by atoms with Crippen LogP contribution in [-0.2, 0) is 6.54 Å². The van der Waals surface area contributed by atoms with Crippen LogP contribution in [-0.4, -0.2) is 16.2 Å². The molecule has 2 aromatic carbocycles. The number of aromatic amines is 1. The number of hydrogen-bond donors (Lipinski definition) is 1. The van der Waals surface area contributed by atoms with E-state index in [0.29, 0.717) is 24.0 Å². The summed E-state index contributed by atoms with van der Waals surface area (Å²) >= 11 is 3.20. The molecule has 1 N–H and O–H groups in total. The maximum Gasteiger partial charge on any atom is 0.326 e. The number of hydrogen-bond acceptors (Lipinski definition) is 2. The van der Waals surface area contributed by atoms with E-state index in [0.717, 1.165) is 11.0 Å². The van der Waals surface area contributed by atoms with Crippen molar-refractivity contribution in [3.63, 3.8) is 0 Å². The third-order valence-electron chi connectivity index (χ3n) is 3.36. The number of ether oxygens (including phenoxy) is 1. The smallest absolute Gasteiger partial charge is 0.326 e. The largest absolute Gasteiger partial charge is 0.490 e. The van der Waals surface area contributed by atoms with Crippen LogP contribution < -0.4 is 10.4 Å². The summed E-state index contributed by atoms with van der Waals surface area (Å²) in [5, 5.41) is 0. The van der Waals surface area contributed by atoms with Gasteiger partial charge in [-0.1, -0.05) is 28.1 Å². The van der Waals surface area contributed by atoms with Crippen molar-refractivity contribution in [3.8, 4) is 5.75 Å². The Kier molecular flexibility index (Phi) is 4.29. The first-order valence-electron chi connectivity index (χ1n) is 6.90. The minimum absolute atomic E-state index is 0.143. The van der Waals surface area contributed by atoms with Crippen LogP contribution in [0.4, 0.5) is 4.39 Å². The second-order valence-corrected chi connectivity index (χ2v) is 5.79. The minimum atomic E-state index is -0.404. The Labute approximate surface area is 134 Å². The highest BCUT2D eigenvalue weighted by Crippen LogP contribution is 2.21. The molecule has 6 heteroatoms. The lowest BCUT2D eigenvalue weighted by atomic mass is 10.3. The van der Waals surface area contributed by atoms with Gasteiger partial charge in [-0.3, -0.25) is 4.57 Å². The van der Waals surface area contributed by atoms with Crippen molar-refractivity contribution in [2.75, 3.05) is 6.61 Å². The minimum Gasteiger partial charge on any atom is -0.490 e. The number of H-pyrrole nitrogens is 1. The van der Waals surface area contributed by atoms with Crippen LogP contribution in [0.25, 0.3) is 11.0 Å². The fourth-order valence-corrected chi connectivity index (χ4v) is 2.66. The maximum absolute atomic E-state index is 13.6. The van der Waals surface area contributed by atoms with E-state index < -0.39 is 5.82 Å². The van der Waals surface area contributed by atoms with Crippen LogP contribution in [0.2, 0.25) is 0 Å². The molecule has 3 rings (SSSR count). The quantitative estimate of drug-likeness (QED) is 0.701. The first-order valence-corrected chi connectivity index (χ1v) is 7.70. The number of nitrogens with zero attached hydrogens (tertiary/aromatic N) is 1. The third-order valence-corrected chi connectivity index (χ3v) is 3.85. The van der Waals surface area contributed by atoms with Crippen molar-refractivity contribution in [2.45, 2.75) is 13.0 Å². The van der Waals surface area contributed by atoms with E-state index in [9.17, 15) is 9.18 Å². The standard InChI is InChI=1S/C16H14BrFN2O2/c17-11-6-7-15(12(18)10-11)22-9-3-8-20-14-5-2-1-4-13(14)19-16(20)21/h1-2,4-7,10H,3,8-9H2,(H,19,21). The fraction of sp³-hybridized carbons (Fsp3) is 0.188. The SMILES string of the molecule is O=c1[nH]c2ccccc2n1CCCOc1ccc(Br)cc1F. The van der Waals surface area contributed by atoms with E-state index in [1.54, 1.807) is 16.7 Å². The highest BCUT2D eigenvalue weighted by molar-refractivity contribution is 9.10. The van der Waals surface area contributed by atoms with Crippen LogP contribution in [0.15, 0.2) is 51.7 Å². The van der Waals surface area contributed by atoms with Crippen LogP contribution in [0, 0.1) is 5.82 Å². The molecule has 4 nitrogen and oxygen atoms in total. The van der Waals surface area contributed by atoms with Crippen molar-refractivity contribution in [3.05, 3.63) is 63.2 Å². The Morgan fingerprint density at radius 2 is 2.05 bits per heavy atom. The van der Waals surface area contributed by atoms with Crippen molar-refractivity contribution >= 4 is 27.0 Å². The van der Waals surface area contributed by atoms with E-state index in [1.807, 2.05) is 24.3 Å². The highest BCUT2D eigenvalue weighted by atomic mass is 79.9. The highest BCUT2D eigenvalue weighted by Gasteiger charge is 2.07. The molecule has 0 spiro atoms. The average Bonchev–Trinajstić information content (AvgIpc) is 2.81. The topological polar surface area (TPSA) is 47.0 Å². The number of benzene rings is 2. The molecule has 0 fully saturated rings. The maximum atomic E-state index is 13.6. The summed E-state index contributed by atoms with van der Waals surface area (Å²) in [5.41, 5.74) is 1.53. The first kappa shape index (κ1) is 14.8. The molecular formula is C16H14BrFN2O2. The molecular weight excluding hydrogens is 351 g/mol. The van der Waals surface area contributed by atoms with Gasteiger partial charge in [0.15, 0.2) is 11.6 Å². The van der Waals surface area contributed by atoms with Gasteiger partial charge < -0.3 is 9.72 Å². The van der Waals surface area contributed by atoms with E-state index in [2.05, 4.69) is 20.9 Å². The van der Waals surface area contributed by atoms with Gasteiger partial charge in [0.05, 0.1) is 17.6 Å². The van der Waals surface area contributed by atoms with Gasteiger partial charge in [0, 0.05) is 11.0 Å². The number of aryl methyl sites for hydroxylation is 1. The van der Waals surface area contributed by atoms with Gasteiger partial charge in [0.1, 0.15) is 0 Å². The van der Waals surface area contributed by atoms with Crippen LogP contribution >= 0.6 is 15.9 Å². The summed E-state index contributed by atoms with van der Waals surface area (Å²) in [6, 6.07) is 12.2. The Morgan fingerprint density at radius 1 is 1.23 bits per heavy atom. The van der Waals surface area contributed by atoms with E-state index in [-0.39, 0.29) is 11.4 Å². The molecule has 0 unspecified atom stereocenters. The number of fused-ring (bicyclic) bond motifs is 1. The van der Waals surface area contributed by atoms with Crippen molar-refractivity contribution in [1.82, 2.24) is 9.55 Å². The monoisotopic (exact) mass is 364 g/mol. The molecule has 0 saturated carbocycles. The van der Waals surface area contributed by atoms with Crippen molar-refractivity contribution < 1.29 is 9.13 Å². The predicted molar refractivity (Wildman–Crippen MR) is 86.8 cm³/mol. The fourth-order valence-electron chi connectivity index (χ4n) is 2.33. The Balaban J connectivity index is 1.63. The lowest BCUT2D eigenvalue weighted by molar-refractivity contribution is 0.287. The molecule has 0 bridgehead atoms. The lowest BCUT2D eigenvalue weighted by Gasteiger charge is -2.08. The zero-order valence-electron chi connectivity index (χ0n) is 11.7. The van der Waals surface area contributed by atoms with Gasteiger partial charge in [0.25, 0.3) is 0 Å². The molecule has 0 radical (unpaired) electrons. The van der Waals surface area contributed by atoms with Gasteiger partial charge in [-0.25, -0.2) is 9.18 Å². The number of aromatic nitrogens is 2. The van der Waals surface area contributed by atoms with E-state index in [1.165, 1.54) is 6.07 Å². The van der Waals surface area contributed by atoms with Crippen molar-refractivity contribution in [1.29, 1.82) is 0 Å².